The van der Waals surface area contributed by atoms with Gasteiger partial charge in [0.15, 0.2) is 0 Å². The van der Waals surface area contributed by atoms with E-state index in [0.29, 0.717) is 5.92 Å². The summed E-state index contributed by atoms with van der Waals surface area (Å²) in [4.78, 5) is 0. The minimum Gasteiger partial charge on any atom is -0.493 e. The van der Waals surface area contributed by atoms with Gasteiger partial charge in [-0.1, -0.05) is 29.8 Å². The van der Waals surface area contributed by atoms with Gasteiger partial charge in [-0.15, -0.1) is 0 Å². The molecule has 1 aliphatic carbocycles. The highest BCUT2D eigenvalue weighted by atomic mass is 79.9. The van der Waals surface area contributed by atoms with E-state index in [2.05, 4.69) is 29.8 Å². The van der Waals surface area contributed by atoms with Crippen molar-refractivity contribution in [1.29, 1.82) is 0 Å². The Bertz CT molecular complexity index is 414. The van der Waals surface area contributed by atoms with Gasteiger partial charge in [0, 0.05) is 22.0 Å². The van der Waals surface area contributed by atoms with Crippen LogP contribution in [-0.2, 0) is 19.3 Å². The maximum atomic E-state index is 5.87. The Kier molecular flexibility index (Phi) is 2.50. The monoisotopic (exact) mass is 280 g/mol. The van der Waals surface area contributed by atoms with Crippen molar-refractivity contribution in [3.8, 4) is 5.75 Å². The zero-order valence-electron chi connectivity index (χ0n) is 9.90. The predicted octanol–water partition coefficient (Wildman–Crippen LogP) is 4.00. The normalized spacial score (nSPS) is 17.5. The van der Waals surface area contributed by atoms with Crippen molar-refractivity contribution in [2.75, 3.05) is 6.61 Å². The second-order valence-corrected chi connectivity index (χ2v) is 5.89. The number of hydrogen-bond donors (Lipinski definition) is 0. The molecular formula is C14H17BrO. The zero-order chi connectivity index (χ0) is 11.3. The van der Waals surface area contributed by atoms with Gasteiger partial charge in [0.1, 0.15) is 5.75 Å². The zero-order valence-corrected chi connectivity index (χ0v) is 11.5. The predicted molar refractivity (Wildman–Crippen MR) is 69.5 cm³/mol. The van der Waals surface area contributed by atoms with E-state index in [0.717, 1.165) is 13.0 Å². The van der Waals surface area contributed by atoms with Crippen LogP contribution in [0.2, 0.25) is 0 Å². The van der Waals surface area contributed by atoms with Crippen molar-refractivity contribution < 1.29 is 4.74 Å². The molecular weight excluding hydrogens is 264 g/mol. The molecule has 0 radical (unpaired) electrons. The lowest BCUT2D eigenvalue weighted by Gasteiger charge is -2.18. The minimum absolute atomic E-state index is 0.576. The molecule has 0 bridgehead atoms. The van der Waals surface area contributed by atoms with Crippen LogP contribution in [0.15, 0.2) is 4.47 Å². The third-order valence-corrected chi connectivity index (χ3v) is 4.72. The molecule has 16 heavy (non-hydrogen) atoms. The Morgan fingerprint density at radius 3 is 2.56 bits per heavy atom. The lowest BCUT2D eigenvalue weighted by molar-refractivity contribution is 0.351. The number of hydrogen-bond acceptors (Lipinski definition) is 1. The van der Waals surface area contributed by atoms with Gasteiger partial charge in [0.2, 0.25) is 0 Å². The van der Waals surface area contributed by atoms with E-state index in [4.69, 9.17) is 4.74 Å². The van der Waals surface area contributed by atoms with E-state index in [-0.39, 0.29) is 0 Å². The van der Waals surface area contributed by atoms with E-state index >= 15 is 0 Å². The number of rotatable bonds is 1. The minimum atomic E-state index is 0.576. The summed E-state index contributed by atoms with van der Waals surface area (Å²) in [6, 6.07) is 0. The first-order valence-corrected chi connectivity index (χ1v) is 6.98. The fourth-order valence-electron chi connectivity index (χ4n) is 3.12. The topological polar surface area (TPSA) is 9.23 Å². The van der Waals surface area contributed by atoms with Crippen LogP contribution in [0.25, 0.3) is 0 Å². The van der Waals surface area contributed by atoms with E-state index in [1.165, 1.54) is 40.6 Å². The first-order chi connectivity index (χ1) is 7.70. The van der Waals surface area contributed by atoms with Crippen LogP contribution in [0.3, 0.4) is 0 Å². The van der Waals surface area contributed by atoms with Gasteiger partial charge in [-0.25, -0.2) is 0 Å². The molecule has 0 atom stereocenters. The van der Waals surface area contributed by atoms with Crippen molar-refractivity contribution in [2.24, 2.45) is 0 Å². The van der Waals surface area contributed by atoms with Crippen LogP contribution in [0.4, 0.5) is 0 Å². The lowest BCUT2D eigenvalue weighted by atomic mass is 9.91. The molecule has 2 aliphatic rings. The average molecular weight is 281 g/mol. The fourth-order valence-corrected chi connectivity index (χ4v) is 3.93. The summed E-state index contributed by atoms with van der Waals surface area (Å²) in [5.74, 6) is 1.77. The third-order valence-electron chi connectivity index (χ3n) is 3.77. The van der Waals surface area contributed by atoms with Gasteiger partial charge in [-0.3, -0.25) is 0 Å². The Balaban J connectivity index is 2.31. The summed E-state index contributed by atoms with van der Waals surface area (Å²) in [5.41, 5.74) is 6.04. The van der Waals surface area contributed by atoms with E-state index in [9.17, 15) is 0 Å². The van der Waals surface area contributed by atoms with Crippen molar-refractivity contribution in [3.63, 3.8) is 0 Å². The molecule has 0 unspecified atom stereocenters. The van der Waals surface area contributed by atoms with E-state index < -0.39 is 0 Å². The number of halogens is 1. The molecule has 0 aromatic heterocycles. The van der Waals surface area contributed by atoms with Crippen molar-refractivity contribution in [3.05, 3.63) is 26.7 Å². The number of benzene rings is 1. The first-order valence-electron chi connectivity index (χ1n) is 6.19. The summed E-state index contributed by atoms with van der Waals surface area (Å²) < 4.78 is 7.21. The van der Waals surface area contributed by atoms with Crippen LogP contribution in [0, 0.1) is 0 Å². The molecule has 86 valence electrons. The molecule has 1 aromatic rings. The molecule has 1 aromatic carbocycles. The standard InChI is InChI=1S/C14H17BrO/c1-8(2)12-9-4-3-5-10(9)13(15)11-6-7-16-14(11)12/h8H,3-7H2,1-2H3. The van der Waals surface area contributed by atoms with Crippen LogP contribution >= 0.6 is 15.9 Å². The molecule has 1 heterocycles. The molecule has 1 aliphatic heterocycles. The highest BCUT2D eigenvalue weighted by molar-refractivity contribution is 9.10. The highest BCUT2D eigenvalue weighted by Gasteiger charge is 2.29. The lowest BCUT2D eigenvalue weighted by Crippen LogP contribution is -2.01. The van der Waals surface area contributed by atoms with Crippen molar-refractivity contribution in [2.45, 2.75) is 45.4 Å². The van der Waals surface area contributed by atoms with Gasteiger partial charge in [0.05, 0.1) is 6.61 Å². The molecule has 3 rings (SSSR count). The molecule has 0 saturated heterocycles. The second kappa shape index (κ2) is 3.76. The molecule has 0 N–H and O–H groups in total. The first kappa shape index (κ1) is 10.6. The number of ether oxygens (including phenoxy) is 1. The van der Waals surface area contributed by atoms with E-state index in [1.54, 1.807) is 11.1 Å². The van der Waals surface area contributed by atoms with Gasteiger partial charge >= 0.3 is 0 Å². The quantitative estimate of drug-likeness (QED) is 0.756. The van der Waals surface area contributed by atoms with Crippen molar-refractivity contribution >= 4 is 15.9 Å². The van der Waals surface area contributed by atoms with Crippen molar-refractivity contribution in [1.82, 2.24) is 0 Å². The Labute approximate surface area is 105 Å². The fraction of sp³-hybridized carbons (Fsp3) is 0.571. The van der Waals surface area contributed by atoms with Gasteiger partial charge in [-0.05, 0) is 36.3 Å². The second-order valence-electron chi connectivity index (χ2n) is 5.10. The summed E-state index contributed by atoms with van der Waals surface area (Å²) in [6.07, 6.45) is 4.85. The van der Waals surface area contributed by atoms with Crippen LogP contribution in [-0.4, -0.2) is 6.61 Å². The highest BCUT2D eigenvalue weighted by Crippen LogP contribution is 2.46. The Hall–Kier alpha value is -0.500. The maximum absolute atomic E-state index is 5.87. The Morgan fingerprint density at radius 2 is 1.81 bits per heavy atom. The van der Waals surface area contributed by atoms with E-state index in [1.807, 2.05) is 0 Å². The summed E-state index contributed by atoms with van der Waals surface area (Å²) >= 11 is 3.79. The third kappa shape index (κ3) is 1.35. The summed E-state index contributed by atoms with van der Waals surface area (Å²) in [5, 5.41) is 0. The van der Waals surface area contributed by atoms with Crippen LogP contribution in [0.1, 0.15) is 48.4 Å². The number of fused-ring (bicyclic) bond motifs is 2. The average Bonchev–Trinajstić information content (AvgIpc) is 2.84. The molecule has 2 heteroatoms. The maximum Gasteiger partial charge on any atom is 0.127 e. The molecule has 0 saturated carbocycles. The van der Waals surface area contributed by atoms with Gasteiger partial charge < -0.3 is 4.74 Å². The molecule has 0 spiro atoms. The summed E-state index contributed by atoms with van der Waals surface area (Å²) in [7, 11) is 0. The molecule has 0 amide bonds. The van der Waals surface area contributed by atoms with Crippen LogP contribution in [0.5, 0.6) is 5.75 Å². The molecule has 1 nitrogen and oxygen atoms in total. The largest absolute Gasteiger partial charge is 0.493 e. The SMILES string of the molecule is CC(C)c1c2c(c(Br)c3c1OCC3)CCC2. The van der Waals surface area contributed by atoms with Gasteiger partial charge in [0.25, 0.3) is 0 Å². The van der Waals surface area contributed by atoms with Crippen LogP contribution < -0.4 is 4.74 Å². The smallest absolute Gasteiger partial charge is 0.127 e. The molecule has 0 fully saturated rings. The summed E-state index contributed by atoms with van der Waals surface area (Å²) in [6.45, 7) is 5.42. The van der Waals surface area contributed by atoms with Gasteiger partial charge in [-0.2, -0.15) is 0 Å². The Morgan fingerprint density at radius 1 is 1.06 bits per heavy atom.